The van der Waals surface area contributed by atoms with Crippen LogP contribution in [0.3, 0.4) is 0 Å². The van der Waals surface area contributed by atoms with Gasteiger partial charge in [-0.25, -0.2) is 8.78 Å². The van der Waals surface area contributed by atoms with Crippen LogP contribution < -0.4 is 0 Å². The second-order valence-electron chi connectivity index (χ2n) is 4.30. The van der Waals surface area contributed by atoms with E-state index in [2.05, 4.69) is 4.98 Å². The molecule has 0 N–H and O–H groups in total. The fraction of sp³-hybridized carbons (Fsp3) is 0.0714. The normalized spacial score (nSPS) is 12.8. The van der Waals surface area contributed by atoms with E-state index in [0.717, 1.165) is 17.7 Å². The van der Waals surface area contributed by atoms with Gasteiger partial charge in [0.2, 0.25) is 0 Å². The van der Waals surface area contributed by atoms with Crippen LogP contribution in [0.4, 0.5) is 8.78 Å². The first kappa shape index (κ1) is 14.3. The lowest BCUT2D eigenvalue weighted by atomic mass is 10.2. The summed E-state index contributed by atoms with van der Waals surface area (Å²) < 4.78 is 44.3. The minimum Gasteiger partial charge on any atom is -0.607 e. The first-order valence-corrected chi connectivity index (χ1v) is 7.61. The van der Waals surface area contributed by atoms with Crippen molar-refractivity contribution in [2.75, 3.05) is 0 Å². The molecule has 0 amide bonds. The third kappa shape index (κ3) is 2.88. The van der Waals surface area contributed by atoms with Gasteiger partial charge in [0.05, 0.1) is 11.2 Å². The second-order valence-corrected chi connectivity index (χ2v) is 6.07. The van der Waals surface area contributed by atoms with Gasteiger partial charge in [0.25, 0.3) is 0 Å². The molecule has 1 heterocycles. The Hall–Kier alpha value is -1.63. The van der Waals surface area contributed by atoms with E-state index in [9.17, 15) is 13.3 Å². The molecular weight excluding hydrogens is 320 g/mol. The van der Waals surface area contributed by atoms with Gasteiger partial charge in [-0.1, -0.05) is 23.7 Å². The monoisotopic (exact) mass is 327 g/mol. The van der Waals surface area contributed by atoms with Crippen molar-refractivity contribution in [3.63, 3.8) is 0 Å². The first-order chi connectivity index (χ1) is 10.0. The topological polar surface area (TPSA) is 49.1 Å². The largest absolute Gasteiger partial charge is 0.607 e. The molecule has 1 atom stereocenters. The van der Waals surface area contributed by atoms with Gasteiger partial charge in [-0.2, -0.15) is 4.98 Å². The second kappa shape index (κ2) is 5.63. The summed E-state index contributed by atoms with van der Waals surface area (Å²) in [5.74, 6) is -1.34. The fourth-order valence-corrected chi connectivity index (χ4v) is 2.93. The number of hydrogen-bond acceptors (Lipinski definition) is 3. The van der Waals surface area contributed by atoms with Crippen LogP contribution in [0.5, 0.6) is 0 Å². The molecule has 0 spiro atoms. The minimum atomic E-state index is -1.64. The molecular formula is C14H8ClF2NO2S. The van der Waals surface area contributed by atoms with Crippen molar-refractivity contribution in [2.24, 2.45) is 0 Å². The van der Waals surface area contributed by atoms with Gasteiger partial charge in [0.15, 0.2) is 22.7 Å². The minimum absolute atomic E-state index is 0.118. The molecule has 3 aromatic rings. The van der Waals surface area contributed by atoms with Crippen molar-refractivity contribution in [2.45, 2.75) is 11.0 Å². The van der Waals surface area contributed by atoms with E-state index in [0.29, 0.717) is 5.02 Å². The van der Waals surface area contributed by atoms with Crippen LogP contribution in [-0.4, -0.2) is 9.54 Å². The third-order valence-corrected chi connectivity index (χ3v) is 4.24. The van der Waals surface area contributed by atoms with Crippen molar-refractivity contribution in [1.29, 1.82) is 0 Å². The van der Waals surface area contributed by atoms with Crippen molar-refractivity contribution >= 4 is 33.9 Å². The molecule has 21 heavy (non-hydrogen) atoms. The van der Waals surface area contributed by atoms with Gasteiger partial charge in [0, 0.05) is 10.6 Å². The number of nitrogens with zero attached hydrogens (tertiary/aromatic N) is 1. The van der Waals surface area contributed by atoms with E-state index in [4.69, 9.17) is 16.0 Å². The zero-order chi connectivity index (χ0) is 15.0. The predicted octanol–water partition coefficient (Wildman–Crippen LogP) is 4.07. The quantitative estimate of drug-likeness (QED) is 0.681. The van der Waals surface area contributed by atoms with Crippen LogP contribution in [0.15, 0.2) is 46.0 Å². The molecule has 7 heteroatoms. The molecule has 3 nitrogen and oxygen atoms in total. The van der Waals surface area contributed by atoms with E-state index in [1.165, 1.54) is 0 Å². The fourth-order valence-electron chi connectivity index (χ4n) is 1.82. The number of halogens is 3. The highest BCUT2D eigenvalue weighted by Crippen LogP contribution is 2.26. The van der Waals surface area contributed by atoms with Gasteiger partial charge in [-0.3, -0.25) is 0 Å². The highest BCUT2D eigenvalue weighted by atomic mass is 35.5. The molecule has 3 rings (SSSR count). The molecule has 0 saturated heterocycles. The lowest BCUT2D eigenvalue weighted by molar-refractivity contribution is 0.445. The summed E-state index contributed by atoms with van der Waals surface area (Å²) in [5, 5.41) is 0.361. The Balaban J connectivity index is 1.91. The van der Waals surface area contributed by atoms with Crippen molar-refractivity contribution in [3.05, 3.63) is 58.6 Å². The summed E-state index contributed by atoms with van der Waals surface area (Å²) >= 11 is 4.12. The van der Waals surface area contributed by atoms with Crippen molar-refractivity contribution in [3.8, 4) is 0 Å². The number of aromatic nitrogens is 1. The van der Waals surface area contributed by atoms with Crippen LogP contribution in [0.2, 0.25) is 5.02 Å². The SMILES string of the molecule is [O-][S+](Cc1ccc(Cl)cc1)c1nc2c(F)ccc(F)c2o1. The van der Waals surface area contributed by atoms with Gasteiger partial charge in [-0.15, -0.1) is 0 Å². The number of hydrogen-bond donors (Lipinski definition) is 0. The summed E-state index contributed by atoms with van der Waals surface area (Å²) in [4.78, 5) is 3.78. The summed E-state index contributed by atoms with van der Waals surface area (Å²) in [6, 6.07) is 8.65. The van der Waals surface area contributed by atoms with Crippen LogP contribution in [0, 0.1) is 11.6 Å². The standard InChI is InChI=1S/C14H8ClF2NO2S/c15-9-3-1-8(2-4-9)7-21(19)14-18-12-10(16)5-6-11(17)13(12)20-14/h1-6H,7H2. The Kier molecular flexibility index (Phi) is 3.84. The number of benzene rings is 2. The average molecular weight is 328 g/mol. The van der Waals surface area contributed by atoms with E-state index < -0.39 is 22.8 Å². The Morgan fingerprint density at radius 1 is 1.10 bits per heavy atom. The summed E-state index contributed by atoms with van der Waals surface area (Å²) in [6.45, 7) is 0. The van der Waals surface area contributed by atoms with Crippen LogP contribution >= 0.6 is 11.6 Å². The smallest absolute Gasteiger partial charge is 0.416 e. The van der Waals surface area contributed by atoms with Gasteiger partial charge >= 0.3 is 5.22 Å². The number of fused-ring (bicyclic) bond motifs is 1. The highest BCUT2D eigenvalue weighted by molar-refractivity contribution is 7.90. The molecule has 1 aromatic heterocycles. The maximum atomic E-state index is 13.5. The third-order valence-electron chi connectivity index (χ3n) is 2.83. The zero-order valence-electron chi connectivity index (χ0n) is 10.5. The molecule has 0 radical (unpaired) electrons. The Morgan fingerprint density at radius 2 is 1.76 bits per heavy atom. The van der Waals surface area contributed by atoms with E-state index in [1.54, 1.807) is 24.3 Å². The Labute approximate surface area is 126 Å². The van der Waals surface area contributed by atoms with E-state index >= 15 is 0 Å². The lowest BCUT2D eigenvalue weighted by Crippen LogP contribution is -2.05. The molecule has 0 saturated carbocycles. The molecule has 1 unspecified atom stereocenters. The molecule has 0 fully saturated rings. The zero-order valence-corrected chi connectivity index (χ0v) is 12.0. The summed E-state index contributed by atoms with van der Waals surface area (Å²) in [5.41, 5.74) is 0.171. The summed E-state index contributed by atoms with van der Waals surface area (Å²) in [6.07, 6.45) is 0. The maximum absolute atomic E-state index is 13.5. The van der Waals surface area contributed by atoms with Gasteiger partial charge in [0.1, 0.15) is 5.75 Å². The van der Waals surface area contributed by atoms with Crippen molar-refractivity contribution in [1.82, 2.24) is 4.98 Å². The van der Waals surface area contributed by atoms with E-state index in [-0.39, 0.29) is 22.1 Å². The van der Waals surface area contributed by atoms with E-state index in [1.807, 2.05) is 0 Å². The molecule has 0 bridgehead atoms. The van der Waals surface area contributed by atoms with Crippen molar-refractivity contribution < 1.29 is 17.8 Å². The predicted molar refractivity (Wildman–Crippen MR) is 75.5 cm³/mol. The lowest BCUT2D eigenvalue weighted by Gasteiger charge is -2.05. The average Bonchev–Trinajstić information content (AvgIpc) is 2.92. The molecule has 0 aliphatic carbocycles. The van der Waals surface area contributed by atoms with Crippen LogP contribution in [-0.2, 0) is 16.9 Å². The molecule has 2 aromatic carbocycles. The summed E-state index contributed by atoms with van der Waals surface area (Å²) in [7, 11) is 0. The highest BCUT2D eigenvalue weighted by Gasteiger charge is 2.23. The van der Waals surface area contributed by atoms with Crippen LogP contribution in [0.1, 0.15) is 5.56 Å². The molecule has 0 aliphatic heterocycles. The Bertz CT molecular complexity index is 753. The molecule has 0 aliphatic rings. The van der Waals surface area contributed by atoms with Gasteiger partial charge in [-0.05, 0) is 24.3 Å². The van der Waals surface area contributed by atoms with Crippen LogP contribution in [0.25, 0.3) is 11.1 Å². The number of rotatable bonds is 3. The van der Waals surface area contributed by atoms with Gasteiger partial charge < -0.3 is 8.97 Å². The number of oxazole rings is 1. The molecule has 108 valence electrons. The Morgan fingerprint density at radius 3 is 2.43 bits per heavy atom. The first-order valence-electron chi connectivity index (χ1n) is 5.92. The maximum Gasteiger partial charge on any atom is 0.416 e.